The minimum atomic E-state index is -0.609. The first kappa shape index (κ1) is 30.3. The molecule has 7 rings (SSSR count). The van der Waals surface area contributed by atoms with E-state index in [1.54, 1.807) is 41.2 Å². The molecule has 3 N–H and O–H groups in total. The van der Waals surface area contributed by atoms with E-state index in [0.717, 1.165) is 51.8 Å². The molecule has 2 unspecified atom stereocenters. The number of nitrogens with zero attached hydrogens (tertiary/aromatic N) is 3. The Bertz CT molecular complexity index is 1740. The number of carbonyl (C=O) groups excluding carboxylic acids is 3. The van der Waals surface area contributed by atoms with Crippen molar-refractivity contribution in [3.8, 4) is 11.5 Å². The molecule has 10 nitrogen and oxygen atoms in total. The molecule has 3 amide bonds. The van der Waals surface area contributed by atoms with Crippen molar-refractivity contribution in [2.24, 2.45) is 5.92 Å². The number of amides is 3. The maximum absolute atomic E-state index is 13.7. The molecule has 2 fully saturated rings. The molecule has 0 radical (unpaired) electrons. The fourth-order valence-electron chi connectivity index (χ4n) is 6.73. The van der Waals surface area contributed by atoms with Gasteiger partial charge in [0.25, 0.3) is 5.91 Å². The third kappa shape index (κ3) is 6.47. The molecule has 3 aliphatic rings. The molecule has 2 saturated heterocycles. The first-order valence-corrected chi connectivity index (χ1v) is 16.8. The largest absolute Gasteiger partial charge is 0.455 e. The Kier molecular flexibility index (Phi) is 8.68. The molecule has 2 aromatic carbocycles. The quantitative estimate of drug-likeness (QED) is 0.216. The molecule has 238 valence electrons. The van der Waals surface area contributed by atoms with Crippen LogP contribution in [0.3, 0.4) is 0 Å². The number of aromatic amines is 1. The standard InChI is InChI=1S/C35H38N6O4S/c1-22(27-16-25-18-36-12-11-26(25)39-27)38-35(44)28-15-23(20-40-13-5-2-6-14-40)21-41(28)33(42)19-37-34(43)24-9-10-32-30(17-24)45-29-7-3-4-8-31(29)46-32/h3-4,7-12,16-18,22-23,28,39H,2,5-6,13-15,19-21H2,1H3,(H,37,43)(H,38,44)/t22?,23?,28-/m0/s1. The van der Waals surface area contributed by atoms with Gasteiger partial charge < -0.3 is 30.2 Å². The van der Waals surface area contributed by atoms with Crippen LogP contribution in [0.15, 0.2) is 76.8 Å². The van der Waals surface area contributed by atoms with Crippen LogP contribution in [-0.4, -0.2) is 76.3 Å². The SMILES string of the molecule is CC(NC(=O)[C@@H]1CC(CN2CCCCC2)CN1C(=O)CNC(=O)c1ccc2c(c1)Oc1ccccc1S2)c1cc2cnccc2[nH]1. The van der Waals surface area contributed by atoms with Crippen LogP contribution < -0.4 is 15.4 Å². The maximum Gasteiger partial charge on any atom is 0.251 e. The maximum atomic E-state index is 13.7. The lowest BCUT2D eigenvalue weighted by atomic mass is 10.0. The molecule has 46 heavy (non-hydrogen) atoms. The number of hydrogen-bond acceptors (Lipinski definition) is 7. The van der Waals surface area contributed by atoms with Gasteiger partial charge in [-0.15, -0.1) is 0 Å². The molecule has 11 heteroatoms. The first-order chi connectivity index (χ1) is 22.4. The number of rotatable bonds is 8. The average molecular weight is 639 g/mol. The normalized spacial score (nSPS) is 20.0. The topological polar surface area (TPSA) is 120 Å². The number of piperidine rings is 1. The van der Waals surface area contributed by atoms with Crippen LogP contribution in [0.2, 0.25) is 0 Å². The van der Waals surface area contributed by atoms with Gasteiger partial charge in [0.05, 0.1) is 22.4 Å². The van der Waals surface area contributed by atoms with Gasteiger partial charge in [-0.05, 0) is 87.7 Å². The predicted molar refractivity (Wildman–Crippen MR) is 176 cm³/mol. The number of aromatic nitrogens is 2. The Morgan fingerprint density at radius 1 is 1.04 bits per heavy atom. The molecular formula is C35H38N6O4S. The highest BCUT2D eigenvalue weighted by Gasteiger charge is 2.40. The molecule has 0 aliphatic carbocycles. The number of H-pyrrole nitrogens is 1. The van der Waals surface area contributed by atoms with Crippen molar-refractivity contribution < 1.29 is 19.1 Å². The van der Waals surface area contributed by atoms with Crippen LogP contribution in [0.1, 0.15) is 54.7 Å². The van der Waals surface area contributed by atoms with Gasteiger partial charge in [-0.3, -0.25) is 19.4 Å². The van der Waals surface area contributed by atoms with Gasteiger partial charge in [0, 0.05) is 47.6 Å². The number of para-hydroxylation sites is 1. The summed E-state index contributed by atoms with van der Waals surface area (Å²) in [7, 11) is 0. The van der Waals surface area contributed by atoms with E-state index in [4.69, 9.17) is 4.74 Å². The third-order valence-corrected chi connectivity index (χ3v) is 10.3. The second kappa shape index (κ2) is 13.2. The Labute approximate surface area is 272 Å². The van der Waals surface area contributed by atoms with Gasteiger partial charge in [0.1, 0.15) is 17.5 Å². The highest BCUT2D eigenvalue weighted by molar-refractivity contribution is 7.99. The van der Waals surface area contributed by atoms with E-state index in [2.05, 4.69) is 25.5 Å². The molecule has 0 saturated carbocycles. The second-order valence-electron chi connectivity index (χ2n) is 12.4. The molecule has 0 bridgehead atoms. The number of pyridine rings is 1. The van der Waals surface area contributed by atoms with Crippen LogP contribution >= 0.6 is 11.8 Å². The molecule has 4 aromatic rings. The Hall–Kier alpha value is -4.35. The highest BCUT2D eigenvalue weighted by atomic mass is 32.2. The summed E-state index contributed by atoms with van der Waals surface area (Å²) in [6, 6.07) is 16.1. The molecule has 3 atom stereocenters. The van der Waals surface area contributed by atoms with Crippen molar-refractivity contribution in [2.75, 3.05) is 32.7 Å². The third-order valence-electron chi connectivity index (χ3n) is 9.14. The zero-order chi connectivity index (χ0) is 31.6. The van der Waals surface area contributed by atoms with Crippen molar-refractivity contribution in [3.05, 3.63) is 78.2 Å². The summed E-state index contributed by atoms with van der Waals surface area (Å²) in [6.45, 7) is 5.19. The summed E-state index contributed by atoms with van der Waals surface area (Å²) < 4.78 is 6.04. The van der Waals surface area contributed by atoms with Crippen LogP contribution in [0.5, 0.6) is 11.5 Å². The van der Waals surface area contributed by atoms with Crippen molar-refractivity contribution in [1.29, 1.82) is 0 Å². The van der Waals surface area contributed by atoms with Gasteiger partial charge >= 0.3 is 0 Å². The molecule has 3 aliphatic heterocycles. The Morgan fingerprint density at radius 2 is 1.87 bits per heavy atom. The minimum absolute atomic E-state index is 0.182. The Morgan fingerprint density at radius 3 is 2.72 bits per heavy atom. The molecular weight excluding hydrogens is 600 g/mol. The summed E-state index contributed by atoms with van der Waals surface area (Å²) in [5.74, 6) is 0.727. The van der Waals surface area contributed by atoms with Gasteiger partial charge in [0.15, 0.2) is 0 Å². The van der Waals surface area contributed by atoms with E-state index in [0.29, 0.717) is 24.3 Å². The average Bonchev–Trinajstić information content (AvgIpc) is 3.71. The van der Waals surface area contributed by atoms with Crippen molar-refractivity contribution in [3.63, 3.8) is 0 Å². The summed E-state index contributed by atoms with van der Waals surface area (Å²) >= 11 is 1.59. The number of ether oxygens (including phenoxy) is 1. The number of benzene rings is 2. The van der Waals surface area contributed by atoms with Gasteiger partial charge in [0.2, 0.25) is 11.8 Å². The summed E-state index contributed by atoms with van der Waals surface area (Å²) in [4.78, 5) is 54.2. The Balaban J connectivity index is 1.02. The van der Waals surface area contributed by atoms with Crippen LogP contribution in [0.25, 0.3) is 10.9 Å². The van der Waals surface area contributed by atoms with Crippen molar-refractivity contribution in [2.45, 2.75) is 54.5 Å². The van der Waals surface area contributed by atoms with E-state index in [1.165, 1.54) is 19.3 Å². The van der Waals surface area contributed by atoms with Crippen LogP contribution in [-0.2, 0) is 9.59 Å². The monoisotopic (exact) mass is 638 g/mol. The predicted octanol–water partition coefficient (Wildman–Crippen LogP) is 5.13. The molecule has 5 heterocycles. The fraction of sp³-hybridized carbons (Fsp3) is 0.371. The van der Waals surface area contributed by atoms with Crippen LogP contribution in [0.4, 0.5) is 0 Å². The summed E-state index contributed by atoms with van der Waals surface area (Å²) in [5.41, 5.74) is 2.24. The zero-order valence-electron chi connectivity index (χ0n) is 25.8. The lowest BCUT2D eigenvalue weighted by Crippen LogP contribution is -2.49. The van der Waals surface area contributed by atoms with Gasteiger partial charge in [-0.2, -0.15) is 0 Å². The zero-order valence-corrected chi connectivity index (χ0v) is 26.6. The van der Waals surface area contributed by atoms with E-state index < -0.39 is 6.04 Å². The minimum Gasteiger partial charge on any atom is -0.455 e. The van der Waals surface area contributed by atoms with Crippen molar-refractivity contribution >= 4 is 40.4 Å². The van der Waals surface area contributed by atoms with E-state index in [-0.39, 0.29) is 36.2 Å². The smallest absolute Gasteiger partial charge is 0.251 e. The highest BCUT2D eigenvalue weighted by Crippen LogP contribution is 2.47. The number of carbonyl (C=O) groups is 3. The lowest BCUT2D eigenvalue weighted by Gasteiger charge is -2.28. The number of nitrogens with one attached hydrogen (secondary N) is 3. The molecule has 2 aromatic heterocycles. The second-order valence-corrected chi connectivity index (χ2v) is 13.5. The lowest BCUT2D eigenvalue weighted by molar-refractivity contribution is -0.138. The summed E-state index contributed by atoms with van der Waals surface area (Å²) in [6.07, 6.45) is 7.72. The fourth-order valence-corrected chi connectivity index (χ4v) is 7.66. The number of hydrogen-bond donors (Lipinski definition) is 3. The van der Waals surface area contributed by atoms with Crippen molar-refractivity contribution in [1.82, 2.24) is 30.4 Å². The van der Waals surface area contributed by atoms with Gasteiger partial charge in [-0.25, -0.2) is 0 Å². The van der Waals surface area contributed by atoms with Gasteiger partial charge in [-0.1, -0.05) is 30.3 Å². The van der Waals surface area contributed by atoms with Crippen LogP contribution in [0, 0.1) is 5.92 Å². The first-order valence-electron chi connectivity index (χ1n) is 16.0. The summed E-state index contributed by atoms with van der Waals surface area (Å²) in [5, 5.41) is 6.90. The number of fused-ring (bicyclic) bond motifs is 3. The van der Waals surface area contributed by atoms with E-state index >= 15 is 0 Å². The molecule has 0 spiro atoms. The number of likely N-dealkylation sites (tertiary alicyclic amines) is 2. The van der Waals surface area contributed by atoms with E-state index in [1.807, 2.05) is 49.4 Å². The van der Waals surface area contributed by atoms with E-state index in [9.17, 15) is 14.4 Å².